The average molecular weight is 238 g/mol. The summed E-state index contributed by atoms with van der Waals surface area (Å²) in [5.74, 6) is 1.64. The van der Waals surface area contributed by atoms with Gasteiger partial charge >= 0.3 is 0 Å². The van der Waals surface area contributed by atoms with Gasteiger partial charge in [0.15, 0.2) is 0 Å². The van der Waals surface area contributed by atoms with Gasteiger partial charge in [0.05, 0.1) is 6.54 Å². The summed E-state index contributed by atoms with van der Waals surface area (Å²) in [5.41, 5.74) is -0.0112. The minimum Gasteiger partial charge on any atom is -0.353 e. The summed E-state index contributed by atoms with van der Waals surface area (Å²) < 4.78 is 4.31. The van der Waals surface area contributed by atoms with Crippen LogP contribution in [0, 0.1) is 0 Å². The van der Waals surface area contributed by atoms with Gasteiger partial charge in [0, 0.05) is 16.9 Å². The largest absolute Gasteiger partial charge is 0.353 e. The number of H-pyrrole nitrogens is 1. The lowest BCUT2D eigenvalue weighted by atomic mass is 9.96. The molecule has 0 saturated carbocycles. The van der Waals surface area contributed by atoms with Crippen LogP contribution in [-0.2, 0) is 12.0 Å². The molecular weight excluding hydrogens is 224 g/mol. The van der Waals surface area contributed by atoms with E-state index in [0.717, 1.165) is 16.8 Å². The molecule has 0 radical (unpaired) electrons. The normalized spacial score (nSPS) is 11.7. The van der Waals surface area contributed by atoms with Crippen molar-refractivity contribution < 1.29 is 0 Å². The third-order valence-corrected chi connectivity index (χ3v) is 2.64. The van der Waals surface area contributed by atoms with E-state index in [9.17, 15) is 0 Å². The van der Waals surface area contributed by atoms with Crippen molar-refractivity contribution in [3.05, 3.63) is 18.0 Å². The number of hydrogen-bond acceptors (Lipinski definition) is 6. The Hall–Kier alpha value is -1.50. The molecule has 86 valence electrons. The zero-order valence-corrected chi connectivity index (χ0v) is 10.3. The van der Waals surface area contributed by atoms with Crippen LogP contribution in [0.15, 0.2) is 6.33 Å². The lowest BCUT2D eigenvalue weighted by Gasteiger charge is -2.12. The fourth-order valence-electron chi connectivity index (χ4n) is 1.08. The van der Waals surface area contributed by atoms with E-state index in [1.807, 2.05) is 0 Å². The Morgan fingerprint density at radius 2 is 2.25 bits per heavy atom. The topological polar surface area (TPSA) is 79.4 Å². The van der Waals surface area contributed by atoms with Crippen LogP contribution >= 0.6 is 11.5 Å². The second kappa shape index (κ2) is 4.17. The minimum absolute atomic E-state index is 0.0112. The van der Waals surface area contributed by atoms with Gasteiger partial charge in [-0.1, -0.05) is 20.8 Å². The summed E-state index contributed by atoms with van der Waals surface area (Å²) in [5, 5.41) is 10.5. The molecule has 2 heterocycles. The van der Waals surface area contributed by atoms with Gasteiger partial charge in [0.1, 0.15) is 18.0 Å². The Kier molecular flexibility index (Phi) is 2.86. The Morgan fingerprint density at radius 3 is 2.81 bits per heavy atom. The van der Waals surface area contributed by atoms with Crippen LogP contribution in [0.1, 0.15) is 32.4 Å². The van der Waals surface area contributed by atoms with Crippen LogP contribution < -0.4 is 5.32 Å². The van der Waals surface area contributed by atoms with E-state index in [-0.39, 0.29) is 5.41 Å². The molecule has 0 saturated heterocycles. The molecule has 0 aromatic carbocycles. The van der Waals surface area contributed by atoms with Crippen LogP contribution in [0.2, 0.25) is 0 Å². The highest BCUT2D eigenvalue weighted by Gasteiger charge is 2.19. The smallest absolute Gasteiger partial charge is 0.202 e. The molecule has 0 amide bonds. The maximum Gasteiger partial charge on any atom is 0.202 e. The van der Waals surface area contributed by atoms with Gasteiger partial charge in [0.25, 0.3) is 0 Å². The van der Waals surface area contributed by atoms with Crippen LogP contribution in [0.25, 0.3) is 0 Å². The van der Waals surface area contributed by atoms with Gasteiger partial charge in [0.2, 0.25) is 5.13 Å². The first-order chi connectivity index (χ1) is 7.55. The highest BCUT2D eigenvalue weighted by Crippen LogP contribution is 2.22. The van der Waals surface area contributed by atoms with Crippen molar-refractivity contribution in [1.82, 2.24) is 24.5 Å². The number of nitrogens with zero attached hydrogens (tertiary/aromatic N) is 4. The Morgan fingerprint density at radius 1 is 1.44 bits per heavy atom. The summed E-state index contributed by atoms with van der Waals surface area (Å²) >= 11 is 1.36. The SMILES string of the molecule is CC(C)(C)c1nsc(NCc2ncn[nH]2)n1. The molecule has 0 aliphatic rings. The number of hydrogen-bond donors (Lipinski definition) is 2. The molecule has 0 aliphatic carbocycles. The predicted octanol–water partition coefficient (Wildman–Crippen LogP) is 1.57. The molecule has 0 aliphatic heterocycles. The zero-order valence-electron chi connectivity index (χ0n) is 9.48. The predicted molar refractivity (Wildman–Crippen MR) is 62.3 cm³/mol. The van der Waals surface area contributed by atoms with Crippen LogP contribution in [0.5, 0.6) is 0 Å². The first-order valence-corrected chi connectivity index (χ1v) is 5.75. The first-order valence-electron chi connectivity index (χ1n) is 4.98. The standard InChI is InChI=1S/C9H14N6S/c1-9(2,3)7-13-8(16-15-7)10-4-6-11-5-12-14-6/h5H,4H2,1-3H3,(H,10,13,15)(H,11,12,14). The van der Waals surface area contributed by atoms with Gasteiger partial charge in [-0.05, 0) is 0 Å². The fourth-order valence-corrected chi connectivity index (χ4v) is 1.83. The van der Waals surface area contributed by atoms with E-state index in [2.05, 4.69) is 50.6 Å². The zero-order chi connectivity index (χ0) is 11.6. The minimum atomic E-state index is -0.0112. The molecule has 6 nitrogen and oxygen atoms in total. The maximum atomic E-state index is 4.42. The van der Waals surface area contributed by atoms with E-state index in [4.69, 9.17) is 0 Å². The first kappa shape index (κ1) is 11.0. The van der Waals surface area contributed by atoms with Crippen molar-refractivity contribution in [1.29, 1.82) is 0 Å². The molecule has 0 spiro atoms. The van der Waals surface area contributed by atoms with Crippen LogP contribution in [0.3, 0.4) is 0 Å². The Labute approximate surface area is 97.7 Å². The van der Waals surface area contributed by atoms with Gasteiger partial charge in [-0.25, -0.2) is 9.97 Å². The lowest BCUT2D eigenvalue weighted by Crippen LogP contribution is -2.13. The molecule has 0 bridgehead atoms. The van der Waals surface area contributed by atoms with Crippen molar-refractivity contribution in [2.24, 2.45) is 0 Å². The molecule has 7 heteroatoms. The molecule has 0 atom stereocenters. The monoisotopic (exact) mass is 238 g/mol. The molecule has 0 unspecified atom stereocenters. The van der Waals surface area contributed by atoms with Crippen molar-refractivity contribution in [2.45, 2.75) is 32.7 Å². The van der Waals surface area contributed by atoms with Crippen molar-refractivity contribution in [3.63, 3.8) is 0 Å². The second-order valence-corrected chi connectivity index (χ2v) is 5.21. The van der Waals surface area contributed by atoms with Gasteiger partial charge in [-0.3, -0.25) is 5.10 Å². The maximum absolute atomic E-state index is 4.42. The third-order valence-electron chi connectivity index (χ3n) is 1.97. The molecule has 2 aromatic heterocycles. The molecule has 2 N–H and O–H groups in total. The third kappa shape index (κ3) is 2.54. The van der Waals surface area contributed by atoms with Crippen LogP contribution in [-0.4, -0.2) is 24.5 Å². The van der Waals surface area contributed by atoms with E-state index >= 15 is 0 Å². The van der Waals surface area contributed by atoms with E-state index < -0.39 is 0 Å². The molecule has 0 fully saturated rings. The lowest BCUT2D eigenvalue weighted by molar-refractivity contribution is 0.555. The highest BCUT2D eigenvalue weighted by molar-refractivity contribution is 7.09. The van der Waals surface area contributed by atoms with Crippen molar-refractivity contribution in [2.75, 3.05) is 5.32 Å². The summed E-state index contributed by atoms with van der Waals surface area (Å²) in [7, 11) is 0. The summed E-state index contributed by atoms with van der Waals surface area (Å²) in [6, 6.07) is 0. The number of aromatic nitrogens is 5. The number of rotatable bonds is 3. The quantitative estimate of drug-likeness (QED) is 0.848. The van der Waals surface area contributed by atoms with Gasteiger partial charge in [-0.15, -0.1) is 0 Å². The van der Waals surface area contributed by atoms with E-state index in [0.29, 0.717) is 6.54 Å². The highest BCUT2D eigenvalue weighted by atomic mass is 32.1. The molecule has 2 rings (SSSR count). The summed E-state index contributed by atoms with van der Waals surface area (Å²) in [6.45, 7) is 6.86. The van der Waals surface area contributed by atoms with E-state index in [1.54, 1.807) is 0 Å². The number of nitrogens with one attached hydrogen (secondary N) is 2. The Bertz CT molecular complexity index is 441. The molecular formula is C9H14N6S. The molecule has 16 heavy (non-hydrogen) atoms. The van der Waals surface area contributed by atoms with Gasteiger partial charge < -0.3 is 5.32 Å². The fraction of sp³-hybridized carbons (Fsp3) is 0.556. The second-order valence-electron chi connectivity index (χ2n) is 4.46. The summed E-state index contributed by atoms with van der Waals surface area (Å²) in [6.07, 6.45) is 1.48. The van der Waals surface area contributed by atoms with E-state index in [1.165, 1.54) is 17.9 Å². The average Bonchev–Trinajstić information content (AvgIpc) is 2.85. The Balaban J connectivity index is 1.98. The van der Waals surface area contributed by atoms with Crippen molar-refractivity contribution in [3.8, 4) is 0 Å². The molecule has 2 aromatic rings. The van der Waals surface area contributed by atoms with Gasteiger partial charge in [-0.2, -0.15) is 9.47 Å². The van der Waals surface area contributed by atoms with Crippen molar-refractivity contribution >= 4 is 16.7 Å². The van der Waals surface area contributed by atoms with Crippen LogP contribution in [0.4, 0.5) is 5.13 Å². The number of aromatic amines is 1. The number of anilines is 1. The summed E-state index contributed by atoms with van der Waals surface area (Å²) in [4.78, 5) is 8.43.